The van der Waals surface area contributed by atoms with Gasteiger partial charge in [-0.1, -0.05) is 0 Å². The Morgan fingerprint density at radius 2 is 1.74 bits per heavy atom. The van der Waals surface area contributed by atoms with Crippen molar-refractivity contribution < 1.29 is 14.0 Å². The maximum absolute atomic E-state index is 14.5. The minimum Gasteiger partial charge on any atom is -0.379 e. The number of benzene rings is 2. The highest BCUT2D eigenvalue weighted by molar-refractivity contribution is 5.96. The van der Waals surface area contributed by atoms with Gasteiger partial charge in [-0.2, -0.15) is 0 Å². The van der Waals surface area contributed by atoms with E-state index in [-0.39, 0.29) is 18.1 Å². The third-order valence-electron chi connectivity index (χ3n) is 6.56. The molecule has 0 radical (unpaired) electrons. The van der Waals surface area contributed by atoms with E-state index >= 15 is 0 Å². The summed E-state index contributed by atoms with van der Waals surface area (Å²) in [6, 6.07) is 14.2. The molecule has 0 saturated carbocycles. The summed E-state index contributed by atoms with van der Waals surface area (Å²) >= 11 is 0. The summed E-state index contributed by atoms with van der Waals surface area (Å²) in [5.41, 5.74) is 8.75. The van der Waals surface area contributed by atoms with Crippen molar-refractivity contribution in [1.82, 2.24) is 24.6 Å². The van der Waals surface area contributed by atoms with E-state index in [0.29, 0.717) is 30.2 Å². The molecule has 5 rings (SSSR count). The maximum atomic E-state index is 14.5. The molecule has 1 saturated heterocycles. The molecule has 4 N–H and O–H groups in total. The molecule has 0 aliphatic carbocycles. The van der Waals surface area contributed by atoms with Gasteiger partial charge in [0.15, 0.2) is 11.5 Å². The molecular weight excluding hydrogens is 501 g/mol. The van der Waals surface area contributed by atoms with Crippen LogP contribution in [-0.2, 0) is 11.3 Å². The number of piperazine rings is 1. The van der Waals surface area contributed by atoms with Crippen molar-refractivity contribution in [2.24, 2.45) is 5.73 Å². The number of carbonyl (C=O) groups is 2. The number of amides is 2. The van der Waals surface area contributed by atoms with Crippen molar-refractivity contribution in [3.8, 4) is 5.69 Å². The average Bonchev–Trinajstić information content (AvgIpc) is 3.48. The third kappa shape index (κ3) is 5.95. The van der Waals surface area contributed by atoms with Crippen LogP contribution in [0.1, 0.15) is 23.0 Å². The quantitative estimate of drug-likeness (QED) is 0.317. The van der Waals surface area contributed by atoms with E-state index in [1.165, 1.54) is 6.07 Å². The van der Waals surface area contributed by atoms with Gasteiger partial charge in [0.2, 0.25) is 5.91 Å². The summed E-state index contributed by atoms with van der Waals surface area (Å²) in [6.07, 6.45) is 5.03. The zero-order chi connectivity index (χ0) is 27.4. The second-order valence-corrected chi connectivity index (χ2v) is 9.12. The number of hydrogen-bond donors (Lipinski definition) is 3. The smallest absolute Gasteiger partial charge is 0.271 e. The molecule has 4 aromatic rings. The minimum absolute atomic E-state index is 0.0493. The van der Waals surface area contributed by atoms with Crippen molar-refractivity contribution in [3.63, 3.8) is 0 Å². The van der Waals surface area contributed by atoms with E-state index in [1.807, 2.05) is 29.2 Å². The van der Waals surface area contributed by atoms with E-state index in [1.54, 1.807) is 48.4 Å². The number of imidazole rings is 1. The van der Waals surface area contributed by atoms with Gasteiger partial charge in [-0.05, 0) is 42.5 Å². The van der Waals surface area contributed by atoms with Crippen LogP contribution in [0.5, 0.6) is 0 Å². The first-order valence-electron chi connectivity index (χ1n) is 12.4. The molecule has 1 aliphatic rings. The van der Waals surface area contributed by atoms with Crippen molar-refractivity contribution in [2.75, 3.05) is 41.7 Å². The molecule has 0 atom stereocenters. The predicted molar refractivity (Wildman–Crippen MR) is 146 cm³/mol. The van der Waals surface area contributed by atoms with Crippen molar-refractivity contribution in [2.45, 2.75) is 13.5 Å². The lowest BCUT2D eigenvalue weighted by molar-refractivity contribution is -0.129. The molecule has 2 aromatic carbocycles. The number of hydrogen-bond acceptors (Lipinski definition) is 8. The van der Waals surface area contributed by atoms with Gasteiger partial charge in [-0.15, -0.1) is 10.2 Å². The van der Waals surface area contributed by atoms with Crippen LogP contribution in [0.3, 0.4) is 0 Å². The fraction of sp³-hybridized carbons (Fsp3) is 0.222. The van der Waals surface area contributed by atoms with Crippen molar-refractivity contribution >= 4 is 34.7 Å². The molecule has 11 nitrogen and oxygen atoms in total. The Kier molecular flexibility index (Phi) is 7.34. The highest BCUT2D eigenvalue weighted by Gasteiger charge is 2.19. The molecule has 2 amide bonds. The first-order chi connectivity index (χ1) is 18.9. The molecule has 0 unspecified atom stereocenters. The number of primary amides is 1. The summed E-state index contributed by atoms with van der Waals surface area (Å²) in [7, 11) is 0. The molecule has 0 spiro atoms. The summed E-state index contributed by atoms with van der Waals surface area (Å²) in [6.45, 7) is 4.62. The Morgan fingerprint density at radius 3 is 2.41 bits per heavy atom. The van der Waals surface area contributed by atoms with E-state index in [2.05, 4.69) is 30.7 Å². The number of aromatic nitrogens is 4. The van der Waals surface area contributed by atoms with Crippen LogP contribution in [0, 0.1) is 5.82 Å². The van der Waals surface area contributed by atoms with Crippen molar-refractivity contribution in [1.29, 1.82) is 0 Å². The Hall–Kier alpha value is -5.00. The Bertz CT molecular complexity index is 1470. The lowest BCUT2D eigenvalue weighted by Crippen LogP contribution is -2.48. The van der Waals surface area contributed by atoms with Gasteiger partial charge in [0.1, 0.15) is 5.82 Å². The molecule has 39 heavy (non-hydrogen) atoms. The molecule has 1 aliphatic heterocycles. The van der Waals surface area contributed by atoms with Crippen LogP contribution in [-0.4, -0.2) is 62.6 Å². The van der Waals surface area contributed by atoms with Crippen molar-refractivity contribution in [3.05, 3.63) is 84.3 Å². The first kappa shape index (κ1) is 25.6. The maximum Gasteiger partial charge on any atom is 0.271 e. The van der Waals surface area contributed by atoms with Gasteiger partial charge in [0.25, 0.3) is 5.91 Å². The monoisotopic (exact) mass is 529 g/mol. The first-order valence-corrected chi connectivity index (χ1v) is 12.4. The summed E-state index contributed by atoms with van der Waals surface area (Å²) < 4.78 is 16.3. The standard InChI is InChI=1S/C27H28FN9O2/c1-18(38)35-10-12-36(13-11-35)21-4-2-20(3-5-21)32-25-15-24(26(27(29)39)34-33-25)31-16-19-14-22(6-7-23(19)28)37-9-8-30-17-37/h2-9,14-15,17H,10-13,16H2,1H3,(H2,29,39)(H2,31,32,33). The van der Waals surface area contributed by atoms with Gasteiger partial charge in [-0.25, -0.2) is 9.37 Å². The van der Waals surface area contributed by atoms with Gasteiger partial charge >= 0.3 is 0 Å². The SMILES string of the molecule is CC(=O)N1CCN(c2ccc(Nc3cc(NCc4cc(-n5ccnc5)ccc4F)c(C(N)=O)nn3)cc2)CC1. The normalized spacial score (nSPS) is 13.3. The Morgan fingerprint density at radius 1 is 1.00 bits per heavy atom. The number of halogens is 1. The van der Waals surface area contributed by atoms with Gasteiger partial charge in [0, 0.05) is 80.7 Å². The van der Waals surface area contributed by atoms with Crippen LogP contribution in [0.25, 0.3) is 5.69 Å². The highest BCUT2D eigenvalue weighted by atomic mass is 19.1. The van der Waals surface area contributed by atoms with Gasteiger partial charge < -0.3 is 30.7 Å². The Labute approximate surface area is 224 Å². The topological polar surface area (TPSA) is 134 Å². The van der Waals surface area contributed by atoms with E-state index in [9.17, 15) is 14.0 Å². The molecule has 3 heterocycles. The molecule has 0 bridgehead atoms. The molecule has 1 fully saturated rings. The average molecular weight is 530 g/mol. The summed E-state index contributed by atoms with van der Waals surface area (Å²) in [5.74, 6) is -0.661. The second-order valence-electron chi connectivity index (χ2n) is 9.12. The van der Waals surface area contributed by atoms with E-state index in [0.717, 1.165) is 30.2 Å². The molecule has 12 heteroatoms. The molecular formula is C27H28FN9O2. The second kappa shape index (κ2) is 11.2. The number of anilines is 4. The minimum atomic E-state index is -0.751. The summed E-state index contributed by atoms with van der Waals surface area (Å²) in [4.78, 5) is 31.6. The van der Waals surface area contributed by atoms with Crippen LogP contribution in [0.2, 0.25) is 0 Å². The third-order valence-corrected chi connectivity index (χ3v) is 6.56. The number of nitrogens with two attached hydrogens (primary N) is 1. The number of rotatable bonds is 8. The Balaban J connectivity index is 1.28. The van der Waals surface area contributed by atoms with Crippen LogP contribution >= 0.6 is 0 Å². The van der Waals surface area contributed by atoms with Crippen LogP contribution in [0.15, 0.2) is 67.3 Å². The predicted octanol–water partition coefficient (Wildman–Crippen LogP) is 2.92. The van der Waals surface area contributed by atoms with Crippen LogP contribution in [0.4, 0.5) is 27.3 Å². The van der Waals surface area contributed by atoms with E-state index in [4.69, 9.17) is 5.73 Å². The fourth-order valence-corrected chi connectivity index (χ4v) is 4.41. The summed E-state index contributed by atoms with van der Waals surface area (Å²) in [5, 5.41) is 14.3. The van der Waals surface area contributed by atoms with Gasteiger partial charge in [-0.3, -0.25) is 9.59 Å². The lowest BCUT2D eigenvalue weighted by atomic mass is 10.1. The number of nitrogens with one attached hydrogen (secondary N) is 2. The van der Waals surface area contributed by atoms with Crippen LogP contribution < -0.4 is 21.3 Å². The number of carbonyl (C=O) groups excluding carboxylic acids is 2. The zero-order valence-corrected chi connectivity index (χ0v) is 21.3. The number of nitrogens with zero attached hydrogens (tertiary/aromatic N) is 6. The highest BCUT2D eigenvalue weighted by Crippen LogP contribution is 2.24. The largest absolute Gasteiger partial charge is 0.379 e. The van der Waals surface area contributed by atoms with Gasteiger partial charge in [0.05, 0.1) is 12.0 Å². The van der Waals surface area contributed by atoms with E-state index < -0.39 is 11.7 Å². The fourth-order valence-electron chi connectivity index (χ4n) is 4.41. The molecule has 2 aromatic heterocycles. The lowest BCUT2D eigenvalue weighted by Gasteiger charge is -2.35. The zero-order valence-electron chi connectivity index (χ0n) is 21.3. The molecule has 200 valence electrons.